The van der Waals surface area contributed by atoms with Crippen molar-refractivity contribution >= 4 is 16.0 Å². The maximum absolute atomic E-state index is 13.0. The molecule has 0 aromatic carbocycles. The van der Waals surface area contributed by atoms with Crippen LogP contribution in [0.5, 0.6) is 0 Å². The summed E-state index contributed by atoms with van der Waals surface area (Å²) in [5.41, 5.74) is 0. The van der Waals surface area contributed by atoms with Crippen LogP contribution in [0, 0.1) is 5.92 Å². The zero-order valence-corrected chi connectivity index (χ0v) is 16.5. The predicted octanol–water partition coefficient (Wildman–Crippen LogP) is 2.04. The number of sulfonamides is 1. The number of guanidine groups is 1. The fraction of sp³-hybridized carbons (Fsp3) is 0.647. The van der Waals surface area contributed by atoms with Crippen LogP contribution in [0.1, 0.15) is 32.6 Å². The highest BCUT2D eigenvalue weighted by molar-refractivity contribution is 7.89. The van der Waals surface area contributed by atoms with Gasteiger partial charge in [0.2, 0.25) is 10.0 Å². The van der Waals surface area contributed by atoms with Crippen LogP contribution in [-0.4, -0.2) is 51.2 Å². The lowest BCUT2D eigenvalue weighted by atomic mass is 9.85. The Kier molecular flexibility index (Phi) is 8.05. The molecule has 1 aromatic rings. The molecule has 1 fully saturated rings. The van der Waals surface area contributed by atoms with Gasteiger partial charge >= 0.3 is 6.18 Å². The van der Waals surface area contributed by atoms with Crippen LogP contribution >= 0.6 is 0 Å². The first-order valence-electron chi connectivity index (χ1n) is 9.23. The molecule has 1 saturated carbocycles. The molecule has 1 aliphatic carbocycles. The molecular weight excluding hydrogens is 395 g/mol. The number of hydrogen-bond acceptors (Lipinski definition) is 4. The second kappa shape index (κ2) is 10.1. The molecule has 2 unspecified atom stereocenters. The van der Waals surface area contributed by atoms with Crippen molar-refractivity contribution in [2.75, 3.05) is 19.6 Å². The normalized spacial score (nSPS) is 21.4. The Labute approximate surface area is 163 Å². The largest absolute Gasteiger partial charge is 0.391 e. The minimum atomic E-state index is -4.18. The second-order valence-corrected chi connectivity index (χ2v) is 8.36. The van der Waals surface area contributed by atoms with Crippen molar-refractivity contribution in [1.29, 1.82) is 0 Å². The summed E-state index contributed by atoms with van der Waals surface area (Å²) in [5, 5.41) is 6.02. The van der Waals surface area contributed by atoms with Gasteiger partial charge in [-0.2, -0.15) is 13.2 Å². The zero-order chi connectivity index (χ0) is 20.6. The Balaban J connectivity index is 1.88. The fourth-order valence-electron chi connectivity index (χ4n) is 3.07. The van der Waals surface area contributed by atoms with Gasteiger partial charge in [-0.25, -0.2) is 13.1 Å². The van der Waals surface area contributed by atoms with Crippen molar-refractivity contribution in [2.45, 2.75) is 49.7 Å². The van der Waals surface area contributed by atoms with Gasteiger partial charge in [-0.1, -0.05) is 6.42 Å². The van der Waals surface area contributed by atoms with Crippen LogP contribution in [0.4, 0.5) is 13.2 Å². The van der Waals surface area contributed by atoms with E-state index in [1.54, 1.807) is 0 Å². The van der Waals surface area contributed by atoms with E-state index in [2.05, 4.69) is 25.3 Å². The summed E-state index contributed by atoms with van der Waals surface area (Å²) >= 11 is 0. The molecule has 158 valence electrons. The molecule has 0 saturated heterocycles. The molecule has 11 heteroatoms. The van der Waals surface area contributed by atoms with Gasteiger partial charge in [0.25, 0.3) is 0 Å². The van der Waals surface area contributed by atoms with E-state index in [1.807, 2.05) is 6.92 Å². The highest BCUT2D eigenvalue weighted by atomic mass is 32.2. The third-order valence-corrected chi connectivity index (χ3v) is 5.89. The quantitative estimate of drug-likeness (QED) is 0.356. The Bertz CT molecular complexity index is 741. The second-order valence-electron chi connectivity index (χ2n) is 6.59. The van der Waals surface area contributed by atoms with Crippen molar-refractivity contribution in [3.05, 3.63) is 24.5 Å². The predicted molar refractivity (Wildman–Crippen MR) is 100 cm³/mol. The number of pyridine rings is 1. The van der Waals surface area contributed by atoms with E-state index in [0.717, 1.165) is 0 Å². The van der Waals surface area contributed by atoms with Crippen LogP contribution in [0.2, 0.25) is 0 Å². The van der Waals surface area contributed by atoms with Gasteiger partial charge in [-0.3, -0.25) is 9.98 Å². The minimum Gasteiger partial charge on any atom is -0.357 e. The average molecular weight is 421 g/mol. The average Bonchev–Trinajstić information content (AvgIpc) is 2.65. The maximum atomic E-state index is 13.0. The highest BCUT2D eigenvalue weighted by Gasteiger charge is 2.42. The van der Waals surface area contributed by atoms with Crippen molar-refractivity contribution < 1.29 is 21.6 Å². The number of aliphatic imine (C=N–C) groups is 1. The van der Waals surface area contributed by atoms with Crippen molar-refractivity contribution in [3.63, 3.8) is 0 Å². The first-order chi connectivity index (χ1) is 13.2. The SMILES string of the molecule is CCNC(=NCCNS(=O)(=O)c1cccnc1)NC1CCCC(C(F)(F)F)C1. The number of halogens is 3. The van der Waals surface area contributed by atoms with Crippen molar-refractivity contribution in [1.82, 2.24) is 20.3 Å². The Morgan fingerprint density at radius 2 is 2.14 bits per heavy atom. The van der Waals surface area contributed by atoms with E-state index in [0.29, 0.717) is 25.3 Å². The summed E-state index contributed by atoms with van der Waals surface area (Å²) in [6.45, 7) is 2.60. The van der Waals surface area contributed by atoms with E-state index in [4.69, 9.17) is 0 Å². The van der Waals surface area contributed by atoms with Gasteiger partial charge in [-0.05, 0) is 38.3 Å². The molecule has 2 atom stereocenters. The molecule has 1 aromatic heterocycles. The standard InChI is InChI=1S/C17H26F3N5O2S/c1-2-22-16(25-14-6-3-5-13(11-14)17(18,19)20)23-9-10-24-28(26,27)15-7-4-8-21-12-15/h4,7-8,12-14,24H,2-3,5-6,9-11H2,1H3,(H2,22,23,25). The molecule has 0 spiro atoms. The van der Waals surface area contributed by atoms with Crippen molar-refractivity contribution in [2.24, 2.45) is 10.9 Å². The minimum absolute atomic E-state index is 0.0154. The van der Waals surface area contributed by atoms with Gasteiger partial charge in [-0.15, -0.1) is 0 Å². The molecule has 7 nitrogen and oxygen atoms in total. The third kappa shape index (κ3) is 6.93. The number of alkyl halides is 3. The molecule has 0 radical (unpaired) electrons. The first kappa shape index (κ1) is 22.4. The number of hydrogen-bond donors (Lipinski definition) is 3. The Hall–Kier alpha value is -1.88. The monoisotopic (exact) mass is 421 g/mol. The molecule has 2 rings (SSSR count). The molecule has 1 aliphatic rings. The van der Waals surface area contributed by atoms with Gasteiger partial charge in [0.15, 0.2) is 5.96 Å². The molecular formula is C17H26F3N5O2S. The number of nitrogens with zero attached hydrogens (tertiary/aromatic N) is 2. The summed E-state index contributed by atoms with van der Waals surface area (Å²) in [6.07, 6.45) is -0.131. The molecule has 0 aliphatic heterocycles. The van der Waals surface area contributed by atoms with E-state index in [-0.39, 0.29) is 36.9 Å². The van der Waals surface area contributed by atoms with Gasteiger partial charge in [0.05, 0.1) is 12.5 Å². The molecule has 28 heavy (non-hydrogen) atoms. The summed E-state index contributed by atoms with van der Waals surface area (Å²) < 4.78 is 65.5. The number of nitrogens with one attached hydrogen (secondary N) is 3. The van der Waals surface area contributed by atoms with E-state index in [1.165, 1.54) is 24.5 Å². The van der Waals surface area contributed by atoms with E-state index < -0.39 is 22.1 Å². The van der Waals surface area contributed by atoms with Crippen LogP contribution in [0.25, 0.3) is 0 Å². The zero-order valence-electron chi connectivity index (χ0n) is 15.7. The summed E-state index contributed by atoms with van der Waals surface area (Å²) in [7, 11) is -3.67. The summed E-state index contributed by atoms with van der Waals surface area (Å²) in [6, 6.07) is 2.65. The van der Waals surface area contributed by atoms with Crippen LogP contribution in [0.3, 0.4) is 0 Å². The maximum Gasteiger partial charge on any atom is 0.391 e. The lowest BCUT2D eigenvalue weighted by molar-refractivity contribution is -0.183. The van der Waals surface area contributed by atoms with Gasteiger partial charge in [0, 0.05) is 31.5 Å². The third-order valence-electron chi connectivity index (χ3n) is 4.44. The number of rotatable bonds is 7. The fourth-order valence-corrected chi connectivity index (χ4v) is 4.05. The Morgan fingerprint density at radius 3 is 2.79 bits per heavy atom. The van der Waals surface area contributed by atoms with Crippen LogP contribution in [-0.2, 0) is 10.0 Å². The lowest BCUT2D eigenvalue weighted by Gasteiger charge is -2.31. The molecule has 1 heterocycles. The van der Waals surface area contributed by atoms with E-state index >= 15 is 0 Å². The van der Waals surface area contributed by atoms with E-state index in [9.17, 15) is 21.6 Å². The lowest BCUT2D eigenvalue weighted by Crippen LogP contribution is -2.47. The first-order valence-corrected chi connectivity index (χ1v) is 10.7. The molecule has 0 bridgehead atoms. The summed E-state index contributed by atoms with van der Waals surface area (Å²) in [5.74, 6) is -0.913. The highest BCUT2D eigenvalue weighted by Crippen LogP contribution is 2.37. The van der Waals surface area contributed by atoms with Gasteiger partial charge < -0.3 is 10.6 Å². The Morgan fingerprint density at radius 1 is 1.36 bits per heavy atom. The molecule has 0 amide bonds. The van der Waals surface area contributed by atoms with Gasteiger partial charge in [0.1, 0.15) is 4.90 Å². The van der Waals surface area contributed by atoms with Crippen molar-refractivity contribution in [3.8, 4) is 0 Å². The number of aromatic nitrogens is 1. The smallest absolute Gasteiger partial charge is 0.357 e. The van der Waals surface area contributed by atoms with Crippen LogP contribution in [0.15, 0.2) is 34.4 Å². The topological polar surface area (TPSA) is 95.5 Å². The van der Waals surface area contributed by atoms with Crippen LogP contribution < -0.4 is 15.4 Å². The summed E-state index contributed by atoms with van der Waals surface area (Å²) in [4.78, 5) is 8.10. The molecule has 3 N–H and O–H groups in total.